The Bertz CT molecular complexity index is 1160. The summed E-state index contributed by atoms with van der Waals surface area (Å²) in [5, 5.41) is 22.7. The molecule has 0 bridgehead atoms. The van der Waals surface area contributed by atoms with Gasteiger partial charge in [-0.15, -0.1) is 20.4 Å². The first-order valence-electron chi connectivity index (χ1n) is 11.4. The Morgan fingerprint density at radius 3 is 2.03 bits per heavy atom. The van der Waals surface area contributed by atoms with Crippen molar-refractivity contribution in [3.05, 3.63) is 54.1 Å². The van der Waals surface area contributed by atoms with Crippen molar-refractivity contribution < 1.29 is 14.3 Å². The first-order chi connectivity index (χ1) is 16.4. The number of hydrogen-bond acceptors (Lipinski definition) is 7. The minimum Gasteiger partial charge on any atom is -0.449 e. The molecule has 2 N–H and O–H groups in total. The van der Waals surface area contributed by atoms with Crippen LogP contribution in [0.15, 0.2) is 48.5 Å². The third-order valence-corrected chi connectivity index (χ3v) is 4.90. The van der Waals surface area contributed by atoms with Crippen LogP contribution in [-0.4, -0.2) is 44.5 Å². The number of aromatic nitrogens is 4. The summed E-state index contributed by atoms with van der Waals surface area (Å²) in [5.41, 5.74) is 2.29. The van der Waals surface area contributed by atoms with E-state index in [-0.39, 0.29) is 18.1 Å². The third kappa shape index (κ3) is 7.56. The van der Waals surface area contributed by atoms with Crippen molar-refractivity contribution >= 4 is 17.7 Å². The maximum atomic E-state index is 12.2. The summed E-state index contributed by atoms with van der Waals surface area (Å²) in [6, 6.07) is 14.8. The van der Waals surface area contributed by atoms with Gasteiger partial charge in [-0.2, -0.15) is 0 Å². The van der Waals surface area contributed by atoms with Crippen LogP contribution in [-0.2, 0) is 16.0 Å². The van der Waals surface area contributed by atoms with Gasteiger partial charge in [0.1, 0.15) is 0 Å². The Kier molecular flexibility index (Phi) is 7.78. The number of benzene rings is 2. The van der Waals surface area contributed by atoms with Crippen LogP contribution in [0.25, 0.3) is 22.8 Å². The van der Waals surface area contributed by atoms with Gasteiger partial charge in [0.25, 0.3) is 0 Å². The summed E-state index contributed by atoms with van der Waals surface area (Å²) < 4.78 is 5.29. The summed E-state index contributed by atoms with van der Waals surface area (Å²) in [4.78, 5) is 24.1. The number of anilines is 1. The average molecular weight is 477 g/mol. The number of ether oxygens (including phenoxy) is 1. The van der Waals surface area contributed by atoms with Crippen LogP contribution in [0.2, 0.25) is 0 Å². The van der Waals surface area contributed by atoms with Crippen LogP contribution < -0.4 is 10.6 Å². The van der Waals surface area contributed by atoms with Crippen LogP contribution in [0, 0.1) is 5.41 Å². The van der Waals surface area contributed by atoms with Crippen LogP contribution in [0.3, 0.4) is 0 Å². The molecule has 0 unspecified atom stereocenters. The lowest BCUT2D eigenvalue weighted by molar-refractivity contribution is -0.123. The van der Waals surface area contributed by atoms with E-state index in [1.807, 2.05) is 77.9 Å². The fourth-order valence-electron chi connectivity index (χ4n) is 3.03. The fraction of sp³-hybridized carbons (Fsp3) is 0.385. The molecule has 3 aromatic rings. The Morgan fingerprint density at radius 2 is 1.43 bits per heavy atom. The van der Waals surface area contributed by atoms with Gasteiger partial charge >= 0.3 is 6.09 Å². The van der Waals surface area contributed by atoms with E-state index in [2.05, 4.69) is 31.0 Å². The molecule has 0 aliphatic carbocycles. The summed E-state index contributed by atoms with van der Waals surface area (Å²) in [7, 11) is 0. The molecule has 2 amide bonds. The highest BCUT2D eigenvalue weighted by Crippen LogP contribution is 2.23. The number of alkyl carbamates (subject to hydrolysis) is 1. The highest BCUT2D eigenvalue weighted by molar-refractivity contribution is 5.94. The lowest BCUT2D eigenvalue weighted by Crippen LogP contribution is -2.41. The molecule has 0 aliphatic rings. The molecular weight excluding hydrogens is 444 g/mol. The largest absolute Gasteiger partial charge is 0.449 e. The van der Waals surface area contributed by atoms with Gasteiger partial charge in [-0.05, 0) is 50.6 Å². The molecule has 1 aromatic heterocycles. The van der Waals surface area contributed by atoms with E-state index in [1.54, 1.807) is 12.1 Å². The minimum atomic E-state index is -0.479. The molecule has 0 spiro atoms. The van der Waals surface area contributed by atoms with Crippen molar-refractivity contribution in [2.75, 3.05) is 11.9 Å². The van der Waals surface area contributed by atoms with Crippen molar-refractivity contribution in [3.63, 3.8) is 0 Å². The Morgan fingerprint density at radius 1 is 0.829 bits per heavy atom. The van der Waals surface area contributed by atoms with Crippen molar-refractivity contribution in [3.8, 4) is 22.8 Å². The predicted octanol–water partition coefficient (Wildman–Crippen LogP) is 4.65. The van der Waals surface area contributed by atoms with Gasteiger partial charge in [-0.3, -0.25) is 4.79 Å². The van der Waals surface area contributed by atoms with Crippen molar-refractivity contribution in [2.45, 2.75) is 53.5 Å². The Hall–Kier alpha value is -3.88. The number of nitrogens with one attached hydrogen (secondary N) is 2. The number of nitrogens with zero attached hydrogens (tertiary/aromatic N) is 4. The second-order valence-electron chi connectivity index (χ2n) is 10.2. The molecule has 0 saturated carbocycles. The van der Waals surface area contributed by atoms with Crippen LogP contribution in [0.4, 0.5) is 10.5 Å². The standard InChI is InChI=1S/C26H32N6O3/c1-25(2,3)23(33)27-19-13-11-18(12-14-19)21-29-31-22(32-30-21)20-10-8-7-9-17(20)15-16-35-24(34)28-26(4,5)6/h7-14H,15-16H2,1-6H3,(H,27,33)(H,28,34). The topological polar surface area (TPSA) is 119 Å². The molecule has 1 heterocycles. The summed E-state index contributed by atoms with van der Waals surface area (Å²) in [5.74, 6) is 0.702. The predicted molar refractivity (Wildman–Crippen MR) is 135 cm³/mol. The number of carbonyl (C=O) groups is 2. The highest BCUT2D eigenvalue weighted by atomic mass is 16.5. The first kappa shape index (κ1) is 25.7. The van der Waals surface area contributed by atoms with Gasteiger partial charge in [0.2, 0.25) is 17.6 Å². The molecule has 184 valence electrons. The van der Waals surface area contributed by atoms with Crippen molar-refractivity contribution in [2.24, 2.45) is 5.41 Å². The van der Waals surface area contributed by atoms with Crippen molar-refractivity contribution in [1.29, 1.82) is 0 Å². The maximum Gasteiger partial charge on any atom is 0.407 e. The molecule has 3 rings (SSSR count). The van der Waals surface area contributed by atoms with Crippen LogP contribution in [0.5, 0.6) is 0 Å². The second kappa shape index (κ2) is 10.6. The summed E-state index contributed by atoms with van der Waals surface area (Å²) >= 11 is 0. The zero-order valence-electron chi connectivity index (χ0n) is 21.0. The zero-order chi connectivity index (χ0) is 25.6. The summed E-state index contributed by atoms with van der Waals surface area (Å²) in [6.07, 6.45) is 0.0450. The molecule has 0 fully saturated rings. The van der Waals surface area contributed by atoms with Gasteiger partial charge in [0, 0.05) is 34.2 Å². The smallest absolute Gasteiger partial charge is 0.407 e. The first-order valence-corrected chi connectivity index (χ1v) is 11.4. The molecule has 9 nitrogen and oxygen atoms in total. The molecule has 2 aromatic carbocycles. The Labute approximate surface area is 205 Å². The van der Waals surface area contributed by atoms with Gasteiger partial charge in [-0.25, -0.2) is 4.79 Å². The SMILES string of the molecule is CC(C)(C)NC(=O)OCCc1ccccc1-c1nnc(-c2ccc(NC(=O)C(C)(C)C)cc2)nn1. The molecule has 0 saturated heterocycles. The van der Waals surface area contributed by atoms with E-state index in [1.165, 1.54) is 0 Å². The van der Waals surface area contributed by atoms with Crippen LogP contribution in [0.1, 0.15) is 47.1 Å². The second-order valence-corrected chi connectivity index (χ2v) is 10.2. The Balaban J connectivity index is 1.67. The highest BCUT2D eigenvalue weighted by Gasteiger charge is 2.21. The number of amides is 2. The number of rotatable bonds is 6. The molecular formula is C26H32N6O3. The summed E-state index contributed by atoms with van der Waals surface area (Å²) in [6.45, 7) is 11.5. The van der Waals surface area contributed by atoms with Gasteiger partial charge in [0.05, 0.1) is 6.61 Å². The van der Waals surface area contributed by atoms with E-state index in [0.717, 1.165) is 16.7 Å². The van der Waals surface area contributed by atoms with Crippen LogP contribution >= 0.6 is 0 Å². The zero-order valence-corrected chi connectivity index (χ0v) is 21.0. The molecule has 0 aliphatic heterocycles. The molecule has 0 radical (unpaired) electrons. The number of hydrogen-bond donors (Lipinski definition) is 2. The van der Waals surface area contributed by atoms with E-state index in [0.29, 0.717) is 23.8 Å². The maximum absolute atomic E-state index is 12.2. The lowest BCUT2D eigenvalue weighted by atomic mass is 9.95. The van der Waals surface area contributed by atoms with Crippen molar-refractivity contribution in [1.82, 2.24) is 25.7 Å². The average Bonchev–Trinajstić information content (AvgIpc) is 2.78. The van der Waals surface area contributed by atoms with Gasteiger partial charge < -0.3 is 15.4 Å². The van der Waals surface area contributed by atoms with Gasteiger partial charge in [-0.1, -0.05) is 45.0 Å². The monoisotopic (exact) mass is 476 g/mol. The normalized spacial score (nSPS) is 11.6. The third-order valence-electron chi connectivity index (χ3n) is 4.90. The van der Waals surface area contributed by atoms with E-state index < -0.39 is 11.5 Å². The minimum absolute atomic E-state index is 0.0620. The van der Waals surface area contributed by atoms with E-state index in [9.17, 15) is 9.59 Å². The van der Waals surface area contributed by atoms with E-state index >= 15 is 0 Å². The fourth-order valence-corrected chi connectivity index (χ4v) is 3.03. The number of carbonyl (C=O) groups excluding carboxylic acids is 2. The van der Waals surface area contributed by atoms with E-state index in [4.69, 9.17) is 4.74 Å². The van der Waals surface area contributed by atoms with Gasteiger partial charge in [0.15, 0.2) is 0 Å². The molecule has 9 heteroatoms. The quantitative estimate of drug-likeness (QED) is 0.531. The molecule has 0 atom stereocenters. The molecule has 35 heavy (non-hydrogen) atoms. The lowest BCUT2D eigenvalue weighted by Gasteiger charge is -2.20.